The Bertz CT molecular complexity index is 981. The van der Waals surface area contributed by atoms with Crippen molar-refractivity contribution in [2.45, 2.75) is 12.8 Å². The van der Waals surface area contributed by atoms with E-state index in [2.05, 4.69) is 15.2 Å². The monoisotopic (exact) mass is 395 g/mol. The first-order valence-electron chi connectivity index (χ1n) is 9.30. The molecule has 2 aromatic carbocycles. The van der Waals surface area contributed by atoms with Crippen molar-refractivity contribution in [1.29, 1.82) is 0 Å². The van der Waals surface area contributed by atoms with Crippen LogP contribution in [0.2, 0.25) is 0 Å². The number of benzene rings is 2. The molecule has 3 aromatic rings. The number of fused-ring (bicyclic) bond motifs is 1. The van der Waals surface area contributed by atoms with E-state index < -0.39 is 0 Å². The number of rotatable bonds is 6. The molecule has 1 aliphatic heterocycles. The molecule has 0 spiro atoms. The highest BCUT2D eigenvalue weighted by atomic mass is 32.1. The van der Waals surface area contributed by atoms with Crippen LogP contribution >= 0.6 is 11.3 Å². The highest BCUT2D eigenvalue weighted by Crippen LogP contribution is 2.31. The summed E-state index contributed by atoms with van der Waals surface area (Å²) in [7, 11) is 0. The summed E-state index contributed by atoms with van der Waals surface area (Å²) in [6.07, 6.45) is 0.354. The van der Waals surface area contributed by atoms with Crippen molar-refractivity contribution in [3.05, 3.63) is 54.1 Å². The fourth-order valence-corrected chi connectivity index (χ4v) is 4.16. The lowest BCUT2D eigenvalue weighted by Crippen LogP contribution is -2.36. The largest absolute Gasteiger partial charge is 0.378 e. The number of hydrogen-bond acceptors (Lipinski definition) is 6. The van der Waals surface area contributed by atoms with E-state index in [0.717, 1.165) is 47.3 Å². The number of nitrogens with one attached hydrogen (secondary N) is 1. The summed E-state index contributed by atoms with van der Waals surface area (Å²) in [4.78, 5) is 31.3. The molecule has 0 aliphatic carbocycles. The number of aromatic nitrogens is 1. The Morgan fingerprint density at radius 2 is 1.86 bits per heavy atom. The number of nitrogens with zero attached hydrogens (tertiary/aromatic N) is 2. The lowest BCUT2D eigenvalue weighted by molar-refractivity contribution is -0.116. The summed E-state index contributed by atoms with van der Waals surface area (Å²) in [5, 5.41) is 3.87. The van der Waals surface area contributed by atoms with Crippen molar-refractivity contribution >= 4 is 44.1 Å². The number of morpholine rings is 1. The molecule has 4 rings (SSSR count). The zero-order valence-electron chi connectivity index (χ0n) is 15.4. The van der Waals surface area contributed by atoms with Gasteiger partial charge in [-0.15, -0.1) is 0 Å². The molecule has 1 amide bonds. The van der Waals surface area contributed by atoms with Crippen molar-refractivity contribution in [3.63, 3.8) is 0 Å². The average Bonchev–Trinajstić information content (AvgIpc) is 3.17. The lowest BCUT2D eigenvalue weighted by Gasteiger charge is -2.25. The fourth-order valence-electron chi connectivity index (χ4n) is 3.10. The molecule has 144 valence electrons. The number of ether oxygens (including phenoxy) is 1. The summed E-state index contributed by atoms with van der Waals surface area (Å²) in [6.45, 7) is 3.13. The molecule has 1 aliphatic rings. The minimum Gasteiger partial charge on any atom is -0.378 e. The second-order valence-electron chi connectivity index (χ2n) is 6.62. The van der Waals surface area contributed by atoms with E-state index in [1.807, 2.05) is 36.4 Å². The van der Waals surface area contributed by atoms with E-state index >= 15 is 0 Å². The molecular weight excluding hydrogens is 374 g/mol. The van der Waals surface area contributed by atoms with Gasteiger partial charge in [0.25, 0.3) is 0 Å². The number of carbonyl (C=O) groups is 2. The van der Waals surface area contributed by atoms with Crippen molar-refractivity contribution in [3.8, 4) is 0 Å². The van der Waals surface area contributed by atoms with Gasteiger partial charge in [0.15, 0.2) is 10.9 Å². The number of anilines is 2. The van der Waals surface area contributed by atoms with Gasteiger partial charge in [-0.05, 0) is 18.2 Å². The molecule has 0 saturated carbocycles. The number of Topliss-reactive ketones (excluding diaryl/α,β-unsaturated/α-hetero) is 1. The number of ketones is 1. The van der Waals surface area contributed by atoms with Crippen LogP contribution in [-0.2, 0) is 9.53 Å². The maximum absolute atomic E-state index is 12.2. The minimum atomic E-state index is -0.165. The van der Waals surface area contributed by atoms with E-state index in [-0.39, 0.29) is 24.5 Å². The number of carbonyl (C=O) groups excluding carboxylic acids is 2. The molecular formula is C21H21N3O3S. The summed E-state index contributed by atoms with van der Waals surface area (Å²) in [6, 6.07) is 14.7. The fraction of sp³-hybridized carbons (Fsp3) is 0.286. The quantitative estimate of drug-likeness (QED) is 0.644. The third kappa shape index (κ3) is 4.37. The Labute approximate surface area is 167 Å². The molecule has 1 aromatic heterocycles. The molecule has 7 heteroatoms. The second-order valence-corrected chi connectivity index (χ2v) is 7.62. The van der Waals surface area contributed by atoms with Gasteiger partial charge in [-0.25, -0.2) is 4.98 Å². The van der Waals surface area contributed by atoms with Crippen LogP contribution in [0.25, 0.3) is 10.2 Å². The summed E-state index contributed by atoms with van der Waals surface area (Å²) in [5.74, 6) is -0.189. The van der Waals surface area contributed by atoms with E-state index in [1.54, 1.807) is 23.5 Å². The maximum atomic E-state index is 12.2. The first-order valence-corrected chi connectivity index (χ1v) is 10.1. The first-order chi connectivity index (χ1) is 13.7. The van der Waals surface area contributed by atoms with Gasteiger partial charge in [0.05, 0.1) is 23.4 Å². The van der Waals surface area contributed by atoms with Crippen LogP contribution in [-0.4, -0.2) is 43.0 Å². The van der Waals surface area contributed by atoms with Gasteiger partial charge in [0.2, 0.25) is 5.91 Å². The molecule has 1 saturated heterocycles. The Balaban J connectivity index is 1.37. The third-order valence-electron chi connectivity index (χ3n) is 4.62. The SMILES string of the molecule is O=C(CCC(=O)c1ccccc1)Nc1ccc2nc(N3CCOCC3)sc2c1. The third-order valence-corrected chi connectivity index (χ3v) is 5.70. The molecule has 28 heavy (non-hydrogen) atoms. The van der Waals surface area contributed by atoms with E-state index in [4.69, 9.17) is 4.74 Å². The van der Waals surface area contributed by atoms with Crippen LogP contribution in [0.3, 0.4) is 0 Å². The van der Waals surface area contributed by atoms with Gasteiger partial charge in [-0.2, -0.15) is 0 Å². The van der Waals surface area contributed by atoms with Crippen molar-refractivity contribution in [2.75, 3.05) is 36.5 Å². The second kappa shape index (κ2) is 8.50. The van der Waals surface area contributed by atoms with Crippen molar-refractivity contribution in [1.82, 2.24) is 4.98 Å². The van der Waals surface area contributed by atoms with Crippen molar-refractivity contribution in [2.24, 2.45) is 0 Å². The standard InChI is InChI=1S/C21H21N3O3S/c25-18(15-4-2-1-3-5-15)8-9-20(26)22-16-6-7-17-19(14-16)28-21(23-17)24-10-12-27-13-11-24/h1-7,14H,8-13H2,(H,22,26). The molecule has 1 N–H and O–H groups in total. The first kappa shape index (κ1) is 18.6. The Morgan fingerprint density at radius 1 is 1.07 bits per heavy atom. The number of thiazole rings is 1. The predicted molar refractivity (Wildman–Crippen MR) is 111 cm³/mol. The van der Waals surface area contributed by atoms with Crippen LogP contribution in [0.1, 0.15) is 23.2 Å². The molecule has 1 fully saturated rings. The van der Waals surface area contributed by atoms with Gasteiger partial charge in [-0.1, -0.05) is 41.7 Å². The highest BCUT2D eigenvalue weighted by Gasteiger charge is 2.16. The van der Waals surface area contributed by atoms with E-state index in [9.17, 15) is 9.59 Å². The van der Waals surface area contributed by atoms with Gasteiger partial charge >= 0.3 is 0 Å². The lowest BCUT2D eigenvalue weighted by atomic mass is 10.1. The molecule has 0 atom stereocenters. The minimum absolute atomic E-state index is 0.0242. The number of amides is 1. The van der Waals surface area contributed by atoms with Crippen LogP contribution in [0.5, 0.6) is 0 Å². The molecule has 0 bridgehead atoms. The maximum Gasteiger partial charge on any atom is 0.224 e. The number of hydrogen-bond donors (Lipinski definition) is 1. The highest BCUT2D eigenvalue weighted by molar-refractivity contribution is 7.22. The molecule has 0 radical (unpaired) electrons. The Hall–Kier alpha value is -2.77. The smallest absolute Gasteiger partial charge is 0.224 e. The normalized spacial score (nSPS) is 14.2. The van der Waals surface area contributed by atoms with E-state index in [1.165, 1.54) is 0 Å². The van der Waals surface area contributed by atoms with Gasteiger partial charge < -0.3 is 15.0 Å². The summed E-state index contributed by atoms with van der Waals surface area (Å²) < 4.78 is 6.42. The van der Waals surface area contributed by atoms with Crippen molar-refractivity contribution < 1.29 is 14.3 Å². The van der Waals surface area contributed by atoms with Crippen LogP contribution < -0.4 is 10.2 Å². The van der Waals surface area contributed by atoms with Gasteiger partial charge in [0.1, 0.15) is 0 Å². The zero-order valence-corrected chi connectivity index (χ0v) is 16.2. The topological polar surface area (TPSA) is 71.5 Å². The molecule has 2 heterocycles. The van der Waals surface area contributed by atoms with E-state index in [0.29, 0.717) is 5.56 Å². The summed E-state index contributed by atoms with van der Waals surface area (Å²) in [5.41, 5.74) is 2.28. The van der Waals surface area contributed by atoms with Gasteiger partial charge in [-0.3, -0.25) is 9.59 Å². The Kier molecular flexibility index (Phi) is 5.64. The molecule has 0 unspecified atom stereocenters. The summed E-state index contributed by atoms with van der Waals surface area (Å²) >= 11 is 1.61. The Morgan fingerprint density at radius 3 is 2.64 bits per heavy atom. The zero-order chi connectivity index (χ0) is 19.3. The van der Waals surface area contributed by atoms with Gasteiger partial charge in [0, 0.05) is 37.2 Å². The van der Waals surface area contributed by atoms with Crippen LogP contribution in [0.15, 0.2) is 48.5 Å². The predicted octanol–water partition coefficient (Wildman–Crippen LogP) is 3.73. The van der Waals surface area contributed by atoms with Crippen LogP contribution in [0.4, 0.5) is 10.8 Å². The molecule has 6 nitrogen and oxygen atoms in total. The average molecular weight is 395 g/mol. The van der Waals surface area contributed by atoms with Crippen LogP contribution in [0, 0.1) is 0 Å².